The summed E-state index contributed by atoms with van der Waals surface area (Å²) in [5.41, 5.74) is 2.13. The number of hydrogen-bond acceptors (Lipinski definition) is 2. The summed E-state index contributed by atoms with van der Waals surface area (Å²) in [6, 6.07) is 6.18. The third kappa shape index (κ3) is 2.22. The first kappa shape index (κ1) is 11.2. The standard InChI is InChI=1S/C14H19FN2/c15-14-3-1-2-11-10-17(9-6-13(11)14)12-4-7-16-8-5-12/h1-3,12,16H,4-10H2. The smallest absolute Gasteiger partial charge is 0.126 e. The van der Waals surface area contributed by atoms with Gasteiger partial charge in [0.1, 0.15) is 5.82 Å². The predicted octanol–water partition coefficient (Wildman–Crippen LogP) is 1.94. The molecule has 0 amide bonds. The maximum Gasteiger partial charge on any atom is 0.126 e. The Labute approximate surface area is 102 Å². The van der Waals surface area contributed by atoms with Gasteiger partial charge in [-0.25, -0.2) is 4.39 Å². The average molecular weight is 234 g/mol. The highest BCUT2D eigenvalue weighted by molar-refractivity contribution is 5.30. The van der Waals surface area contributed by atoms with E-state index in [1.54, 1.807) is 6.07 Å². The Morgan fingerprint density at radius 1 is 1.24 bits per heavy atom. The van der Waals surface area contributed by atoms with Gasteiger partial charge in [0.25, 0.3) is 0 Å². The van der Waals surface area contributed by atoms with Crippen LogP contribution in [-0.2, 0) is 13.0 Å². The molecule has 92 valence electrons. The van der Waals surface area contributed by atoms with Gasteiger partial charge in [-0.3, -0.25) is 4.90 Å². The summed E-state index contributed by atoms with van der Waals surface area (Å²) in [4.78, 5) is 2.53. The Balaban J connectivity index is 1.76. The lowest BCUT2D eigenvalue weighted by Gasteiger charge is -2.37. The summed E-state index contributed by atoms with van der Waals surface area (Å²) in [6.45, 7) is 4.19. The van der Waals surface area contributed by atoms with Crippen molar-refractivity contribution in [3.8, 4) is 0 Å². The molecule has 0 aliphatic carbocycles. The molecule has 1 aromatic carbocycles. The SMILES string of the molecule is Fc1cccc2c1CCN(C1CCNCC1)C2. The summed E-state index contributed by atoms with van der Waals surface area (Å²) < 4.78 is 13.6. The van der Waals surface area contributed by atoms with Gasteiger partial charge in [0, 0.05) is 19.1 Å². The first-order valence-corrected chi connectivity index (χ1v) is 6.55. The molecule has 3 heteroatoms. The maximum atomic E-state index is 13.6. The van der Waals surface area contributed by atoms with Crippen LogP contribution in [0.15, 0.2) is 18.2 Å². The number of nitrogens with zero attached hydrogens (tertiary/aromatic N) is 1. The fourth-order valence-electron chi connectivity index (χ4n) is 3.07. The van der Waals surface area contributed by atoms with Gasteiger partial charge < -0.3 is 5.32 Å². The van der Waals surface area contributed by atoms with Crippen molar-refractivity contribution in [3.63, 3.8) is 0 Å². The Bertz CT molecular complexity index is 399. The lowest BCUT2D eigenvalue weighted by molar-refractivity contribution is 0.146. The molecule has 3 rings (SSSR count). The Hall–Kier alpha value is -0.930. The summed E-state index contributed by atoms with van der Waals surface area (Å²) in [5.74, 6) is -0.0209. The van der Waals surface area contributed by atoms with E-state index in [0.29, 0.717) is 6.04 Å². The van der Waals surface area contributed by atoms with E-state index in [0.717, 1.165) is 38.2 Å². The van der Waals surface area contributed by atoms with Crippen molar-refractivity contribution in [1.82, 2.24) is 10.2 Å². The molecular formula is C14H19FN2. The number of nitrogens with one attached hydrogen (secondary N) is 1. The average Bonchev–Trinajstić information content (AvgIpc) is 2.40. The molecule has 1 N–H and O–H groups in total. The van der Waals surface area contributed by atoms with Crippen LogP contribution in [-0.4, -0.2) is 30.6 Å². The number of halogens is 1. The molecule has 17 heavy (non-hydrogen) atoms. The van der Waals surface area contributed by atoms with Crippen LogP contribution in [0.3, 0.4) is 0 Å². The number of hydrogen-bond donors (Lipinski definition) is 1. The van der Waals surface area contributed by atoms with Gasteiger partial charge in [0.15, 0.2) is 0 Å². The van der Waals surface area contributed by atoms with Crippen molar-refractivity contribution < 1.29 is 4.39 Å². The van der Waals surface area contributed by atoms with Gasteiger partial charge in [-0.05, 0) is 49.5 Å². The van der Waals surface area contributed by atoms with Gasteiger partial charge in [0.2, 0.25) is 0 Å². The van der Waals surface area contributed by atoms with E-state index in [4.69, 9.17) is 0 Å². The van der Waals surface area contributed by atoms with E-state index >= 15 is 0 Å². The second kappa shape index (κ2) is 4.75. The minimum absolute atomic E-state index is 0.0209. The van der Waals surface area contributed by atoms with E-state index in [1.165, 1.54) is 18.4 Å². The predicted molar refractivity (Wildman–Crippen MR) is 66.4 cm³/mol. The van der Waals surface area contributed by atoms with Gasteiger partial charge >= 0.3 is 0 Å². The van der Waals surface area contributed by atoms with Crippen molar-refractivity contribution >= 4 is 0 Å². The lowest BCUT2D eigenvalue weighted by Crippen LogP contribution is -2.45. The van der Waals surface area contributed by atoms with Gasteiger partial charge in [-0.2, -0.15) is 0 Å². The normalized spacial score (nSPS) is 22.4. The molecule has 0 atom stereocenters. The van der Waals surface area contributed by atoms with Gasteiger partial charge in [-0.15, -0.1) is 0 Å². The quantitative estimate of drug-likeness (QED) is 0.799. The van der Waals surface area contributed by atoms with E-state index in [-0.39, 0.29) is 5.82 Å². The molecule has 2 heterocycles. The van der Waals surface area contributed by atoms with E-state index < -0.39 is 0 Å². The van der Waals surface area contributed by atoms with Crippen molar-refractivity contribution in [2.45, 2.75) is 31.8 Å². The van der Waals surface area contributed by atoms with E-state index in [1.807, 2.05) is 6.07 Å². The van der Waals surface area contributed by atoms with Crippen molar-refractivity contribution in [3.05, 3.63) is 35.1 Å². The van der Waals surface area contributed by atoms with Crippen LogP contribution in [0.5, 0.6) is 0 Å². The summed E-state index contributed by atoms with van der Waals surface area (Å²) in [7, 11) is 0. The maximum absolute atomic E-state index is 13.6. The Morgan fingerprint density at radius 3 is 2.88 bits per heavy atom. The fourth-order valence-corrected chi connectivity index (χ4v) is 3.07. The first-order chi connectivity index (χ1) is 8.34. The minimum atomic E-state index is -0.0209. The van der Waals surface area contributed by atoms with Crippen LogP contribution in [0.25, 0.3) is 0 Å². The highest BCUT2D eigenvalue weighted by atomic mass is 19.1. The lowest BCUT2D eigenvalue weighted by atomic mass is 9.95. The van der Waals surface area contributed by atoms with Crippen LogP contribution >= 0.6 is 0 Å². The first-order valence-electron chi connectivity index (χ1n) is 6.55. The molecule has 2 aliphatic heterocycles. The van der Waals surface area contributed by atoms with Crippen molar-refractivity contribution in [1.29, 1.82) is 0 Å². The molecule has 0 aromatic heterocycles. The number of piperidine rings is 1. The minimum Gasteiger partial charge on any atom is -0.317 e. The van der Waals surface area contributed by atoms with Crippen LogP contribution < -0.4 is 5.32 Å². The second-order valence-electron chi connectivity index (χ2n) is 5.08. The van der Waals surface area contributed by atoms with E-state index in [9.17, 15) is 4.39 Å². The molecule has 0 radical (unpaired) electrons. The number of benzene rings is 1. The van der Waals surface area contributed by atoms with Crippen LogP contribution in [0, 0.1) is 5.82 Å². The zero-order valence-corrected chi connectivity index (χ0v) is 10.1. The summed E-state index contributed by atoms with van der Waals surface area (Å²) in [6.07, 6.45) is 3.32. The number of rotatable bonds is 1. The highest BCUT2D eigenvalue weighted by Crippen LogP contribution is 2.25. The third-order valence-electron chi connectivity index (χ3n) is 4.06. The highest BCUT2D eigenvalue weighted by Gasteiger charge is 2.25. The number of fused-ring (bicyclic) bond motifs is 1. The molecule has 0 bridgehead atoms. The van der Waals surface area contributed by atoms with Crippen LogP contribution in [0.4, 0.5) is 4.39 Å². The zero-order chi connectivity index (χ0) is 11.7. The van der Waals surface area contributed by atoms with Gasteiger partial charge in [-0.1, -0.05) is 12.1 Å². The summed E-state index contributed by atoms with van der Waals surface area (Å²) >= 11 is 0. The molecule has 1 aromatic rings. The fraction of sp³-hybridized carbons (Fsp3) is 0.571. The molecule has 2 nitrogen and oxygen atoms in total. The molecule has 1 saturated heterocycles. The topological polar surface area (TPSA) is 15.3 Å². The molecule has 2 aliphatic rings. The Kier molecular flexibility index (Phi) is 3.12. The van der Waals surface area contributed by atoms with Gasteiger partial charge in [0.05, 0.1) is 0 Å². The second-order valence-corrected chi connectivity index (χ2v) is 5.08. The molecule has 0 unspecified atom stereocenters. The molecular weight excluding hydrogens is 215 g/mol. The zero-order valence-electron chi connectivity index (χ0n) is 10.1. The third-order valence-corrected chi connectivity index (χ3v) is 4.06. The van der Waals surface area contributed by atoms with Crippen LogP contribution in [0.1, 0.15) is 24.0 Å². The van der Waals surface area contributed by atoms with Crippen LogP contribution in [0.2, 0.25) is 0 Å². The van der Waals surface area contributed by atoms with Crippen molar-refractivity contribution in [2.24, 2.45) is 0 Å². The Morgan fingerprint density at radius 2 is 2.06 bits per heavy atom. The summed E-state index contributed by atoms with van der Waals surface area (Å²) in [5, 5.41) is 3.40. The largest absolute Gasteiger partial charge is 0.317 e. The van der Waals surface area contributed by atoms with Crippen molar-refractivity contribution in [2.75, 3.05) is 19.6 Å². The molecule has 1 fully saturated rings. The molecule has 0 saturated carbocycles. The van der Waals surface area contributed by atoms with E-state index in [2.05, 4.69) is 16.3 Å². The monoisotopic (exact) mass is 234 g/mol. The molecule has 0 spiro atoms.